The maximum Gasteiger partial charge on any atom is 0.249 e. The number of ketones is 1. The van der Waals surface area contributed by atoms with E-state index < -0.39 is 5.54 Å². The number of anilines is 1. The lowest BCUT2D eigenvalue weighted by Gasteiger charge is -2.43. The third-order valence-electron chi connectivity index (χ3n) is 6.41. The van der Waals surface area contributed by atoms with E-state index >= 15 is 0 Å². The van der Waals surface area contributed by atoms with E-state index in [1.165, 1.54) is 12.1 Å². The molecule has 5 nitrogen and oxygen atoms in total. The highest BCUT2D eigenvalue weighted by atomic mass is 19.1. The number of nitrogens with zero attached hydrogens (tertiary/aromatic N) is 3. The Balaban J connectivity index is 1.33. The van der Waals surface area contributed by atoms with E-state index in [0.717, 1.165) is 44.6 Å². The molecule has 2 aromatic rings. The number of likely N-dealkylation sites (N-methyl/N-ethyl adjacent to an activating group) is 1. The molecule has 0 unspecified atom stereocenters. The van der Waals surface area contributed by atoms with Crippen LogP contribution in [0.25, 0.3) is 0 Å². The number of rotatable bonds is 6. The van der Waals surface area contributed by atoms with Crippen molar-refractivity contribution in [2.45, 2.75) is 31.2 Å². The van der Waals surface area contributed by atoms with Gasteiger partial charge in [-0.1, -0.05) is 18.2 Å². The molecular formula is C24H28FN3O2. The highest BCUT2D eigenvalue weighted by molar-refractivity contribution is 5.96. The van der Waals surface area contributed by atoms with E-state index in [4.69, 9.17) is 0 Å². The topological polar surface area (TPSA) is 43.9 Å². The number of hydrogen-bond donors (Lipinski definition) is 0. The van der Waals surface area contributed by atoms with Gasteiger partial charge >= 0.3 is 0 Å². The largest absolute Gasteiger partial charge is 0.339 e. The minimum absolute atomic E-state index is 0.0475. The van der Waals surface area contributed by atoms with Gasteiger partial charge < -0.3 is 14.7 Å². The van der Waals surface area contributed by atoms with Crippen molar-refractivity contribution in [1.82, 2.24) is 9.80 Å². The monoisotopic (exact) mass is 408 g/mol. The molecular weight excluding hydrogens is 380 g/mol. The zero-order chi connectivity index (χ0) is 21.1. The van der Waals surface area contributed by atoms with Gasteiger partial charge in [0.1, 0.15) is 11.4 Å². The first-order chi connectivity index (χ1) is 14.5. The number of para-hydroxylation sites is 1. The summed E-state index contributed by atoms with van der Waals surface area (Å²) in [7, 11) is 1.88. The summed E-state index contributed by atoms with van der Waals surface area (Å²) >= 11 is 0. The number of hydrogen-bond acceptors (Lipinski definition) is 4. The average Bonchev–Trinajstić information content (AvgIpc) is 3.01. The quantitative estimate of drug-likeness (QED) is 0.686. The molecule has 2 aliphatic heterocycles. The Labute approximate surface area is 177 Å². The van der Waals surface area contributed by atoms with Crippen LogP contribution in [0.15, 0.2) is 54.6 Å². The van der Waals surface area contributed by atoms with Crippen LogP contribution in [0.3, 0.4) is 0 Å². The number of carbonyl (C=O) groups is 2. The number of halogens is 1. The maximum atomic E-state index is 13.1. The minimum atomic E-state index is -0.462. The summed E-state index contributed by atoms with van der Waals surface area (Å²) in [5.74, 6) is -0.0748. The van der Waals surface area contributed by atoms with Crippen LogP contribution < -0.4 is 4.90 Å². The molecule has 2 heterocycles. The molecule has 0 saturated carbocycles. The number of amides is 1. The lowest BCUT2D eigenvalue weighted by atomic mass is 9.85. The maximum absolute atomic E-state index is 13.1. The van der Waals surface area contributed by atoms with Crippen molar-refractivity contribution in [2.75, 3.05) is 38.3 Å². The molecule has 2 fully saturated rings. The second-order valence-electron chi connectivity index (χ2n) is 8.31. The molecule has 0 aliphatic carbocycles. The van der Waals surface area contributed by atoms with Crippen LogP contribution in [0.2, 0.25) is 0 Å². The molecule has 2 aromatic carbocycles. The van der Waals surface area contributed by atoms with Gasteiger partial charge in [-0.15, -0.1) is 0 Å². The van der Waals surface area contributed by atoms with Gasteiger partial charge in [-0.05, 0) is 62.2 Å². The van der Waals surface area contributed by atoms with E-state index in [2.05, 4.69) is 21.9 Å². The number of Topliss-reactive ketones (excluding diaryl/α,β-unsaturated/α-hetero) is 1. The Hall–Kier alpha value is -2.73. The predicted octanol–water partition coefficient (Wildman–Crippen LogP) is 3.56. The van der Waals surface area contributed by atoms with Gasteiger partial charge in [-0.2, -0.15) is 0 Å². The zero-order valence-electron chi connectivity index (χ0n) is 17.4. The molecule has 2 aliphatic rings. The Kier molecular flexibility index (Phi) is 5.86. The van der Waals surface area contributed by atoms with Crippen LogP contribution in [-0.4, -0.2) is 60.4 Å². The highest BCUT2D eigenvalue weighted by Crippen LogP contribution is 2.38. The van der Waals surface area contributed by atoms with Gasteiger partial charge in [0.25, 0.3) is 0 Å². The van der Waals surface area contributed by atoms with E-state index in [1.54, 1.807) is 12.1 Å². The van der Waals surface area contributed by atoms with E-state index in [9.17, 15) is 14.0 Å². The molecule has 158 valence electrons. The molecule has 0 atom stereocenters. The Bertz CT molecular complexity index is 892. The van der Waals surface area contributed by atoms with E-state index in [0.29, 0.717) is 18.7 Å². The third kappa shape index (κ3) is 3.97. The second kappa shape index (κ2) is 8.56. The number of likely N-dealkylation sites (tertiary alicyclic amines) is 1. The number of piperidine rings is 1. The van der Waals surface area contributed by atoms with Crippen molar-refractivity contribution < 1.29 is 14.0 Å². The zero-order valence-corrected chi connectivity index (χ0v) is 17.4. The fourth-order valence-corrected chi connectivity index (χ4v) is 4.69. The molecule has 0 aromatic heterocycles. The second-order valence-corrected chi connectivity index (χ2v) is 8.31. The fraction of sp³-hybridized carbons (Fsp3) is 0.417. The van der Waals surface area contributed by atoms with Crippen LogP contribution in [0.5, 0.6) is 0 Å². The summed E-state index contributed by atoms with van der Waals surface area (Å²) in [6.07, 6.45) is 2.79. The molecule has 6 heteroatoms. The molecule has 0 N–H and O–H groups in total. The Morgan fingerprint density at radius 2 is 1.70 bits per heavy atom. The van der Waals surface area contributed by atoms with Crippen molar-refractivity contribution in [3.8, 4) is 0 Å². The molecule has 0 bridgehead atoms. The molecule has 2 saturated heterocycles. The lowest BCUT2D eigenvalue weighted by molar-refractivity contribution is -0.132. The summed E-state index contributed by atoms with van der Waals surface area (Å²) in [5, 5.41) is 0. The number of carbonyl (C=O) groups excluding carboxylic acids is 2. The fourth-order valence-electron chi connectivity index (χ4n) is 4.69. The van der Waals surface area contributed by atoms with Crippen LogP contribution in [0.4, 0.5) is 10.1 Å². The summed E-state index contributed by atoms with van der Waals surface area (Å²) < 4.78 is 13.0. The first-order valence-electron chi connectivity index (χ1n) is 10.6. The lowest BCUT2D eigenvalue weighted by Crippen LogP contribution is -2.56. The van der Waals surface area contributed by atoms with E-state index in [-0.39, 0.29) is 17.5 Å². The molecule has 30 heavy (non-hydrogen) atoms. The summed E-state index contributed by atoms with van der Waals surface area (Å²) in [5.41, 5.74) is 1.19. The first-order valence-corrected chi connectivity index (χ1v) is 10.6. The molecule has 1 spiro atoms. The minimum Gasteiger partial charge on any atom is -0.339 e. The standard InChI is InChI=1S/C24H28FN3O2/c1-26-18-28(21-6-3-2-4-7-21)24(23(26)30)13-16-27(17-14-24)15-5-8-22(29)19-9-11-20(25)12-10-19/h2-4,6-7,9-12H,5,8,13-18H2,1H3/i1-1. The van der Waals surface area contributed by atoms with E-state index in [1.807, 2.05) is 30.1 Å². The molecule has 0 radical (unpaired) electrons. The number of benzene rings is 2. The highest BCUT2D eigenvalue weighted by Gasteiger charge is 2.52. The third-order valence-corrected chi connectivity index (χ3v) is 6.41. The normalized spacial score (nSPS) is 18.9. The van der Waals surface area contributed by atoms with Crippen molar-refractivity contribution in [1.29, 1.82) is 0 Å². The smallest absolute Gasteiger partial charge is 0.249 e. The van der Waals surface area contributed by atoms with Gasteiger partial charge in [0, 0.05) is 37.8 Å². The van der Waals surface area contributed by atoms with Gasteiger partial charge in [-0.25, -0.2) is 4.39 Å². The summed E-state index contributed by atoms with van der Waals surface area (Å²) in [4.78, 5) is 31.8. The van der Waals surface area contributed by atoms with Crippen LogP contribution in [0, 0.1) is 5.82 Å². The predicted molar refractivity (Wildman–Crippen MR) is 115 cm³/mol. The van der Waals surface area contributed by atoms with Crippen molar-refractivity contribution in [3.63, 3.8) is 0 Å². The molecule has 1 amide bonds. The van der Waals surface area contributed by atoms with Crippen molar-refractivity contribution in [3.05, 3.63) is 66.0 Å². The van der Waals surface area contributed by atoms with Crippen LogP contribution in [0.1, 0.15) is 36.0 Å². The van der Waals surface area contributed by atoms with Gasteiger partial charge in [0.15, 0.2) is 5.78 Å². The SMILES string of the molecule is [11CH3]N1CN(c2ccccc2)C2(CCN(CCCC(=O)c3ccc(F)cc3)CC2)C1=O. The first kappa shape index (κ1) is 20.5. The van der Waals surface area contributed by atoms with Gasteiger partial charge in [0.05, 0.1) is 6.67 Å². The van der Waals surface area contributed by atoms with Gasteiger partial charge in [0.2, 0.25) is 5.91 Å². The Morgan fingerprint density at radius 3 is 2.37 bits per heavy atom. The summed E-state index contributed by atoms with van der Waals surface area (Å²) in [6, 6.07) is 15.9. The molecule has 4 rings (SSSR count). The van der Waals surface area contributed by atoms with Crippen LogP contribution in [-0.2, 0) is 4.79 Å². The van der Waals surface area contributed by atoms with Gasteiger partial charge in [-0.3, -0.25) is 9.59 Å². The van der Waals surface area contributed by atoms with Crippen LogP contribution >= 0.6 is 0 Å². The average molecular weight is 409 g/mol. The van der Waals surface area contributed by atoms with Crippen molar-refractivity contribution in [2.24, 2.45) is 0 Å². The summed E-state index contributed by atoms with van der Waals surface area (Å²) in [6.45, 7) is 3.13. The van der Waals surface area contributed by atoms with Crippen molar-refractivity contribution >= 4 is 17.4 Å². The Morgan fingerprint density at radius 1 is 1.03 bits per heavy atom.